The second-order valence-corrected chi connectivity index (χ2v) is 12.2. The van der Waals surface area contributed by atoms with Crippen molar-refractivity contribution >= 4 is 17.6 Å². The highest BCUT2D eigenvalue weighted by molar-refractivity contribution is 5.82. The lowest BCUT2D eigenvalue weighted by atomic mass is 9.79. The molecule has 39 heavy (non-hydrogen) atoms. The average Bonchev–Trinajstić information content (AvgIpc) is 3.38. The molecule has 3 N–H and O–H groups in total. The molecule has 1 atom stereocenters. The van der Waals surface area contributed by atoms with E-state index in [1.165, 1.54) is 0 Å². The van der Waals surface area contributed by atoms with Crippen LogP contribution in [0.5, 0.6) is 11.8 Å². The van der Waals surface area contributed by atoms with Gasteiger partial charge < -0.3 is 25.0 Å². The van der Waals surface area contributed by atoms with Gasteiger partial charge in [-0.1, -0.05) is 34.6 Å². The maximum absolute atomic E-state index is 13.3. The van der Waals surface area contributed by atoms with Gasteiger partial charge in [0.1, 0.15) is 5.82 Å². The normalized spacial score (nSPS) is 16.2. The second kappa shape index (κ2) is 12.3. The second-order valence-electron chi connectivity index (χ2n) is 12.2. The zero-order valence-electron chi connectivity index (χ0n) is 25.2. The Labute approximate surface area is 232 Å². The zero-order chi connectivity index (χ0) is 29.0. The number of aromatic amines is 1. The van der Waals surface area contributed by atoms with E-state index < -0.39 is 10.8 Å². The Morgan fingerprint density at radius 2 is 1.74 bits per heavy atom. The molecule has 1 fully saturated rings. The number of aryl methyl sites for hydroxylation is 2. The first kappa shape index (κ1) is 30.3. The van der Waals surface area contributed by atoms with E-state index >= 15 is 0 Å². The molecule has 2 amide bonds. The van der Waals surface area contributed by atoms with Gasteiger partial charge in [-0.25, -0.2) is 4.68 Å². The molecule has 0 bridgehead atoms. The molecule has 0 saturated carbocycles. The topological polar surface area (TPSA) is 126 Å². The molecular weight excluding hydrogens is 498 g/mol. The van der Waals surface area contributed by atoms with E-state index in [1.807, 2.05) is 60.2 Å². The Kier molecular flexibility index (Phi) is 9.55. The third-order valence-electron chi connectivity index (χ3n) is 7.35. The average molecular weight is 546 g/mol. The van der Waals surface area contributed by atoms with Gasteiger partial charge in [0.05, 0.1) is 31.4 Å². The number of methoxy groups -OCH3 is 1. The molecule has 0 spiro atoms. The number of carbonyl (C=O) groups is 2. The number of hydrogen-bond donors (Lipinski definition) is 3. The summed E-state index contributed by atoms with van der Waals surface area (Å²) in [6.45, 7) is 16.4. The van der Waals surface area contributed by atoms with Gasteiger partial charge >= 0.3 is 0 Å². The zero-order valence-corrected chi connectivity index (χ0v) is 25.2. The summed E-state index contributed by atoms with van der Waals surface area (Å²) in [6, 6.07) is 0. The largest absolute Gasteiger partial charge is 0.480 e. The molecule has 2 aromatic rings. The van der Waals surface area contributed by atoms with Crippen molar-refractivity contribution in [3.05, 3.63) is 16.8 Å². The lowest BCUT2D eigenvalue weighted by molar-refractivity contribution is -0.130. The number of anilines is 1. The number of nitrogens with one attached hydrogen (secondary N) is 3. The van der Waals surface area contributed by atoms with Crippen LogP contribution in [0.3, 0.4) is 0 Å². The van der Waals surface area contributed by atoms with E-state index in [0.717, 1.165) is 55.0 Å². The van der Waals surface area contributed by atoms with Crippen LogP contribution in [0.1, 0.15) is 77.6 Å². The SMILES string of the molecule is CCOc1n[nH]c(C)c1CNC(=O)C(C)(C)CC1CCCN(c2c(CNC(=O)C(C)(C)C)c(OC)nn2C)C1. The number of rotatable bonds is 11. The van der Waals surface area contributed by atoms with Gasteiger partial charge in [-0.3, -0.25) is 14.7 Å². The van der Waals surface area contributed by atoms with Crippen LogP contribution in [0.15, 0.2) is 0 Å². The van der Waals surface area contributed by atoms with Crippen LogP contribution in [0.4, 0.5) is 5.82 Å². The molecule has 0 aromatic carbocycles. The minimum atomic E-state index is -0.551. The van der Waals surface area contributed by atoms with E-state index in [9.17, 15) is 9.59 Å². The molecule has 11 nitrogen and oxygen atoms in total. The molecule has 2 aromatic heterocycles. The van der Waals surface area contributed by atoms with Gasteiger partial charge in [0.2, 0.25) is 23.6 Å². The van der Waals surface area contributed by atoms with Crippen LogP contribution < -0.4 is 25.0 Å². The lowest BCUT2D eigenvalue weighted by Crippen LogP contribution is -2.43. The van der Waals surface area contributed by atoms with Gasteiger partial charge in [-0.05, 0) is 39.0 Å². The Hall–Kier alpha value is -3.24. The summed E-state index contributed by atoms with van der Waals surface area (Å²) in [5, 5.41) is 17.8. The van der Waals surface area contributed by atoms with Crippen molar-refractivity contribution in [3.63, 3.8) is 0 Å². The molecule has 3 heterocycles. The third-order valence-corrected chi connectivity index (χ3v) is 7.35. The maximum Gasteiger partial charge on any atom is 0.239 e. The highest BCUT2D eigenvalue weighted by Crippen LogP contribution is 2.36. The van der Waals surface area contributed by atoms with Crippen LogP contribution in [-0.2, 0) is 29.7 Å². The summed E-state index contributed by atoms with van der Waals surface area (Å²) in [5.74, 6) is 2.32. The summed E-state index contributed by atoms with van der Waals surface area (Å²) < 4.78 is 13.0. The minimum Gasteiger partial charge on any atom is -0.480 e. The van der Waals surface area contributed by atoms with Gasteiger partial charge in [-0.15, -0.1) is 10.2 Å². The third kappa shape index (κ3) is 7.24. The number of piperidine rings is 1. The standard InChI is InChI=1S/C28H47N7O4/c1-10-39-22-20(18(2)31-32-22)15-30-26(37)28(6,7)14-19-12-11-13-35(17-19)24-21(23(38-9)33-34(24)8)16-29-25(36)27(3,4)5/h19H,10-17H2,1-9H3,(H,29,36)(H,30,37)(H,31,32). The number of ether oxygens (including phenoxy) is 2. The Balaban J connectivity index is 1.68. The summed E-state index contributed by atoms with van der Waals surface area (Å²) in [7, 11) is 3.51. The van der Waals surface area contributed by atoms with Crippen molar-refractivity contribution < 1.29 is 19.1 Å². The van der Waals surface area contributed by atoms with E-state index in [4.69, 9.17) is 9.47 Å². The van der Waals surface area contributed by atoms with Crippen molar-refractivity contribution in [2.75, 3.05) is 31.7 Å². The molecule has 0 aliphatic carbocycles. The molecule has 0 radical (unpaired) electrons. The number of carbonyl (C=O) groups excluding carboxylic acids is 2. The van der Waals surface area contributed by atoms with Crippen molar-refractivity contribution in [1.29, 1.82) is 0 Å². The van der Waals surface area contributed by atoms with Crippen LogP contribution in [-0.4, -0.2) is 58.6 Å². The van der Waals surface area contributed by atoms with Crippen LogP contribution in [0.25, 0.3) is 0 Å². The molecule has 1 aliphatic rings. The predicted octanol–water partition coefficient (Wildman–Crippen LogP) is 3.47. The number of amides is 2. The number of H-pyrrole nitrogens is 1. The molecule has 11 heteroatoms. The summed E-state index contributed by atoms with van der Waals surface area (Å²) >= 11 is 0. The Morgan fingerprint density at radius 1 is 1.08 bits per heavy atom. The summed E-state index contributed by atoms with van der Waals surface area (Å²) in [4.78, 5) is 28.2. The molecule has 1 aliphatic heterocycles. The fraction of sp³-hybridized carbons (Fsp3) is 0.714. The van der Waals surface area contributed by atoms with Gasteiger partial charge in [0, 0.05) is 43.2 Å². The van der Waals surface area contributed by atoms with E-state index in [1.54, 1.807) is 7.11 Å². The maximum atomic E-state index is 13.3. The van der Waals surface area contributed by atoms with E-state index in [2.05, 4.69) is 30.8 Å². The number of hydrogen-bond acceptors (Lipinski definition) is 7. The number of nitrogens with zero attached hydrogens (tertiary/aromatic N) is 4. The fourth-order valence-electron chi connectivity index (χ4n) is 5.22. The molecule has 1 saturated heterocycles. The summed E-state index contributed by atoms with van der Waals surface area (Å²) in [6.07, 6.45) is 2.81. The smallest absolute Gasteiger partial charge is 0.239 e. The highest BCUT2D eigenvalue weighted by Gasteiger charge is 2.35. The lowest BCUT2D eigenvalue weighted by Gasteiger charge is -2.38. The van der Waals surface area contributed by atoms with E-state index in [-0.39, 0.29) is 11.8 Å². The first-order valence-corrected chi connectivity index (χ1v) is 13.9. The van der Waals surface area contributed by atoms with Gasteiger partial charge in [-0.2, -0.15) is 0 Å². The van der Waals surface area contributed by atoms with Gasteiger partial charge in [0.25, 0.3) is 0 Å². The first-order valence-electron chi connectivity index (χ1n) is 13.9. The molecular formula is C28H47N7O4. The van der Waals surface area contributed by atoms with Crippen molar-refractivity contribution in [2.45, 2.75) is 80.8 Å². The predicted molar refractivity (Wildman–Crippen MR) is 151 cm³/mol. The number of aromatic nitrogens is 4. The van der Waals surface area contributed by atoms with Crippen molar-refractivity contribution in [3.8, 4) is 11.8 Å². The molecule has 3 rings (SSSR count). The Morgan fingerprint density at radius 3 is 2.38 bits per heavy atom. The van der Waals surface area contributed by atoms with Crippen LogP contribution in [0.2, 0.25) is 0 Å². The minimum absolute atomic E-state index is 0.00968. The van der Waals surface area contributed by atoms with Crippen molar-refractivity contribution in [2.24, 2.45) is 23.8 Å². The quantitative estimate of drug-likeness (QED) is 0.395. The monoisotopic (exact) mass is 545 g/mol. The fourth-order valence-corrected chi connectivity index (χ4v) is 5.22. The molecule has 218 valence electrons. The molecule has 1 unspecified atom stereocenters. The van der Waals surface area contributed by atoms with E-state index in [0.29, 0.717) is 37.4 Å². The highest BCUT2D eigenvalue weighted by atomic mass is 16.5. The van der Waals surface area contributed by atoms with Gasteiger partial charge in [0.15, 0.2) is 0 Å². The van der Waals surface area contributed by atoms with Crippen LogP contribution >= 0.6 is 0 Å². The van der Waals surface area contributed by atoms with Crippen LogP contribution in [0, 0.1) is 23.7 Å². The summed E-state index contributed by atoms with van der Waals surface area (Å²) in [5.41, 5.74) is 1.60. The van der Waals surface area contributed by atoms with Crippen molar-refractivity contribution in [1.82, 2.24) is 30.6 Å². The first-order chi connectivity index (χ1) is 18.3. The Bertz CT molecular complexity index is 1150.